The largest absolute Gasteiger partial charge is 0.490 e. The van der Waals surface area contributed by atoms with Crippen molar-refractivity contribution in [3.8, 4) is 17.5 Å². The first kappa shape index (κ1) is 43.3. The first-order valence-corrected chi connectivity index (χ1v) is 22.7. The lowest BCUT2D eigenvalue weighted by atomic mass is 9.68. The number of rotatable bonds is 6. The minimum atomic E-state index is -4.00. The predicted molar refractivity (Wildman–Crippen MR) is 231 cm³/mol. The zero-order chi connectivity index (χ0) is 44.1. The number of carbonyl (C=O) groups is 3. The van der Waals surface area contributed by atoms with Crippen molar-refractivity contribution >= 4 is 45.0 Å². The van der Waals surface area contributed by atoms with E-state index in [-0.39, 0.29) is 40.3 Å². The maximum atomic E-state index is 15.2. The molecule has 62 heavy (non-hydrogen) atoms. The summed E-state index contributed by atoms with van der Waals surface area (Å²) in [6, 6.07) is 11.1. The summed E-state index contributed by atoms with van der Waals surface area (Å²) in [7, 11) is 2.07. The summed E-state index contributed by atoms with van der Waals surface area (Å²) in [6.07, 6.45) is 8.34. The molecule has 2 aromatic carbocycles. The van der Waals surface area contributed by atoms with Gasteiger partial charge in [0.25, 0.3) is 11.8 Å². The van der Waals surface area contributed by atoms with Crippen LogP contribution in [0.4, 0.5) is 5.69 Å². The number of esters is 1. The Bertz CT molecular complexity index is 2570. The third kappa shape index (κ3) is 8.17. The average Bonchev–Trinajstić information content (AvgIpc) is 3.78. The highest BCUT2D eigenvalue weighted by atomic mass is 35.5. The topological polar surface area (TPSA) is 189 Å². The molecular weight excluding hydrogens is 838 g/mol. The number of benzene rings is 2. The van der Waals surface area contributed by atoms with E-state index in [0.29, 0.717) is 36.2 Å². The Balaban J connectivity index is 1.24. The van der Waals surface area contributed by atoms with Crippen LogP contribution in [-0.2, 0) is 40.6 Å². The number of methoxy groups -OCH3 is 2. The van der Waals surface area contributed by atoms with E-state index in [2.05, 4.69) is 30.2 Å². The number of carbonyl (C=O) groups excluding carboxylic acids is 3. The molecule has 8 rings (SSSR count). The van der Waals surface area contributed by atoms with Crippen molar-refractivity contribution in [2.24, 2.45) is 36.2 Å². The number of aliphatic hydroxyl groups excluding tert-OH is 1. The summed E-state index contributed by atoms with van der Waals surface area (Å²) < 4.78 is 48.5. The summed E-state index contributed by atoms with van der Waals surface area (Å²) in [5.74, 6) is -2.58. The van der Waals surface area contributed by atoms with Crippen molar-refractivity contribution in [3.63, 3.8) is 0 Å². The van der Waals surface area contributed by atoms with Crippen molar-refractivity contribution in [1.82, 2.24) is 24.3 Å². The standard InChI is InChI=1S/C44H52ClN7O9S/c1-25-26(2)62(57,49-40(55)32-21-50(3)46-41(32)58-5)48-39(54)28-10-15-38-35(19-28)52(23-44(24-60-38)17-7-8-27-18-30(45)11-13-34(27)44)20-29-9-12-31(29)37(16-14-36(25)53)61-43(56)33-22-51(4)47-42(33)59-6/h10-11,13-16,18-19,21-22,25-26,29,31,36-37,53H,7-9,12,17,20,23-24H2,1-6H3,(H,48,49,54,55,57)/b16-14+. The van der Waals surface area contributed by atoms with Crippen LogP contribution in [-0.4, -0.2) is 98.0 Å². The normalized spacial score (nSPS) is 28.8. The van der Waals surface area contributed by atoms with E-state index in [1.54, 1.807) is 52.2 Å². The van der Waals surface area contributed by atoms with Crippen LogP contribution in [0.3, 0.4) is 0 Å². The number of ether oxygens (including phenoxy) is 4. The average molecular weight is 890 g/mol. The van der Waals surface area contributed by atoms with Gasteiger partial charge in [0.1, 0.15) is 32.9 Å². The lowest BCUT2D eigenvalue weighted by Gasteiger charge is -2.46. The van der Waals surface area contributed by atoms with E-state index in [1.165, 1.54) is 53.2 Å². The lowest BCUT2D eigenvalue weighted by Crippen LogP contribution is -2.50. The number of halogens is 1. The molecule has 2 N–H and O–H groups in total. The summed E-state index contributed by atoms with van der Waals surface area (Å²) in [5.41, 5.74) is 2.87. The Hall–Kier alpha value is -5.39. The van der Waals surface area contributed by atoms with Crippen LogP contribution in [0, 0.1) is 17.8 Å². The molecule has 1 fully saturated rings. The molecule has 4 heterocycles. The van der Waals surface area contributed by atoms with E-state index in [1.807, 2.05) is 12.1 Å². The van der Waals surface area contributed by atoms with Gasteiger partial charge in [-0.25, -0.2) is 9.00 Å². The first-order valence-electron chi connectivity index (χ1n) is 20.8. The van der Waals surface area contributed by atoms with Crippen molar-refractivity contribution < 1.29 is 42.6 Å². The Morgan fingerprint density at radius 3 is 2.44 bits per heavy atom. The van der Waals surface area contributed by atoms with E-state index in [0.717, 1.165) is 32.1 Å². The summed E-state index contributed by atoms with van der Waals surface area (Å²) in [6.45, 7) is 4.66. The molecule has 2 aromatic heterocycles. The number of aryl methyl sites for hydroxylation is 3. The molecule has 4 aromatic rings. The maximum absolute atomic E-state index is 15.2. The van der Waals surface area contributed by atoms with Crippen LogP contribution >= 0.6 is 11.6 Å². The molecule has 2 aliphatic heterocycles. The lowest BCUT2D eigenvalue weighted by molar-refractivity contribution is -0.00274. The molecule has 4 aliphatic rings. The Kier molecular flexibility index (Phi) is 11.9. The van der Waals surface area contributed by atoms with Gasteiger partial charge in [0.2, 0.25) is 11.8 Å². The van der Waals surface area contributed by atoms with Gasteiger partial charge in [-0.15, -0.1) is 14.6 Å². The van der Waals surface area contributed by atoms with Crippen LogP contribution in [0.15, 0.2) is 65.3 Å². The van der Waals surface area contributed by atoms with Crippen LogP contribution in [0.25, 0.3) is 0 Å². The highest BCUT2D eigenvalue weighted by Gasteiger charge is 2.45. The Labute approximate surface area is 365 Å². The highest BCUT2D eigenvalue weighted by Crippen LogP contribution is 2.47. The van der Waals surface area contributed by atoms with Crippen molar-refractivity contribution in [2.75, 3.05) is 38.8 Å². The van der Waals surface area contributed by atoms with Crippen LogP contribution < -0.4 is 23.8 Å². The van der Waals surface area contributed by atoms with E-state index < -0.39 is 56.5 Å². The van der Waals surface area contributed by atoms with Gasteiger partial charge in [0.05, 0.1) is 37.9 Å². The second-order valence-corrected chi connectivity index (χ2v) is 19.6. The van der Waals surface area contributed by atoms with Crippen LogP contribution in [0.1, 0.15) is 81.7 Å². The number of fused-ring (bicyclic) bond motifs is 4. The minimum Gasteiger partial charge on any atom is -0.490 e. The molecule has 8 atom stereocenters. The predicted octanol–water partition coefficient (Wildman–Crippen LogP) is 5.46. The zero-order valence-electron chi connectivity index (χ0n) is 35.6. The molecule has 8 unspecified atom stereocenters. The van der Waals surface area contributed by atoms with Gasteiger partial charge in [-0.3, -0.25) is 23.7 Å². The third-order valence-corrected chi connectivity index (χ3v) is 15.6. The van der Waals surface area contributed by atoms with E-state index in [4.69, 9.17) is 30.5 Å². The Morgan fingerprint density at radius 1 is 1.00 bits per heavy atom. The van der Waals surface area contributed by atoms with Gasteiger partial charge in [-0.2, -0.15) is 0 Å². The molecule has 0 saturated heterocycles. The number of anilines is 1. The zero-order valence-corrected chi connectivity index (χ0v) is 37.1. The van der Waals surface area contributed by atoms with Crippen molar-refractivity contribution in [1.29, 1.82) is 0 Å². The van der Waals surface area contributed by atoms with Gasteiger partial charge < -0.3 is 29.0 Å². The number of aromatic nitrogens is 4. The fourth-order valence-corrected chi connectivity index (χ4v) is 11.4. The molecule has 2 aliphatic carbocycles. The first-order chi connectivity index (χ1) is 29.6. The van der Waals surface area contributed by atoms with E-state index >= 15 is 4.21 Å². The molecule has 0 radical (unpaired) electrons. The SMILES string of the molecule is COc1nn(C)cc1C(=O)NS1(=O)=NC(=O)c2ccc3c(c2)N(CC2CCC2C(OC(=O)c2cn(C)nc2OC)/C=C/C(O)C(C)C1C)CC1(CCCc2cc(Cl)ccc21)CO3. The van der Waals surface area contributed by atoms with Gasteiger partial charge >= 0.3 is 5.97 Å². The molecule has 2 amide bonds. The number of nitrogens with zero attached hydrogens (tertiary/aromatic N) is 6. The molecule has 2 bridgehead atoms. The fourth-order valence-electron chi connectivity index (χ4n) is 9.30. The van der Waals surface area contributed by atoms with Gasteiger partial charge in [-0.05, 0) is 92.5 Å². The highest BCUT2D eigenvalue weighted by molar-refractivity contribution is 7.93. The monoisotopic (exact) mass is 889 g/mol. The molecule has 16 nitrogen and oxygen atoms in total. The molecular formula is C44H52ClN7O9S. The van der Waals surface area contributed by atoms with Crippen molar-refractivity contribution in [3.05, 3.63) is 93.8 Å². The van der Waals surface area contributed by atoms with Crippen molar-refractivity contribution in [2.45, 2.75) is 68.8 Å². The second kappa shape index (κ2) is 17.1. The maximum Gasteiger partial charge on any atom is 0.345 e. The Morgan fingerprint density at radius 2 is 1.73 bits per heavy atom. The number of hydrogen-bond acceptors (Lipinski definition) is 12. The summed E-state index contributed by atoms with van der Waals surface area (Å²) in [5, 5.41) is 19.7. The molecule has 18 heteroatoms. The summed E-state index contributed by atoms with van der Waals surface area (Å²) in [4.78, 5) is 44.3. The van der Waals surface area contributed by atoms with E-state index in [9.17, 15) is 19.5 Å². The van der Waals surface area contributed by atoms with Gasteiger partial charge in [0.15, 0.2) is 0 Å². The van der Waals surface area contributed by atoms with Gasteiger partial charge in [-0.1, -0.05) is 30.7 Å². The fraction of sp³-hybridized carbons (Fsp3) is 0.477. The molecule has 330 valence electrons. The summed E-state index contributed by atoms with van der Waals surface area (Å²) >= 11 is 6.50. The van der Waals surface area contributed by atoms with Crippen LogP contribution in [0.5, 0.6) is 17.5 Å². The smallest absolute Gasteiger partial charge is 0.345 e. The number of aliphatic hydroxyl groups is 1. The van der Waals surface area contributed by atoms with Crippen LogP contribution in [0.2, 0.25) is 5.02 Å². The number of hydrogen-bond donors (Lipinski definition) is 2. The molecule has 1 spiro atoms. The minimum absolute atomic E-state index is 0.0118. The number of amides is 2. The third-order valence-electron chi connectivity index (χ3n) is 13.1. The second-order valence-electron chi connectivity index (χ2n) is 16.9. The quantitative estimate of drug-likeness (QED) is 0.184. The molecule has 1 saturated carbocycles. The number of nitrogens with one attached hydrogen (secondary N) is 1. The van der Waals surface area contributed by atoms with Gasteiger partial charge in [0, 0.05) is 67.4 Å².